The van der Waals surface area contributed by atoms with Crippen LogP contribution in [0.25, 0.3) is 0 Å². The van der Waals surface area contributed by atoms with Gasteiger partial charge in [0, 0.05) is 42.9 Å². The maximum absolute atomic E-state index is 13.4. The van der Waals surface area contributed by atoms with E-state index in [4.69, 9.17) is 4.98 Å². The molecule has 4 fully saturated rings. The first kappa shape index (κ1) is 22.4. The van der Waals surface area contributed by atoms with Crippen LogP contribution in [0.3, 0.4) is 0 Å². The molecule has 0 bridgehead atoms. The number of nitrogens with zero attached hydrogens (tertiary/aromatic N) is 3. The average Bonchev–Trinajstić information content (AvgIpc) is 3.31. The second kappa shape index (κ2) is 10.2. The standard InChI is InChI=1S/C26H39N3O2S/c30-24(13-10-19-6-4-5-7-19)28-16-14-20(15-17-28)25-27-23(18-32-25)26(31)29(22-11-12-22)21-8-2-1-3-9-21/h18-22H,1-17H2. The zero-order valence-corrected chi connectivity index (χ0v) is 20.3. The van der Waals surface area contributed by atoms with E-state index in [9.17, 15) is 9.59 Å². The summed E-state index contributed by atoms with van der Waals surface area (Å²) < 4.78 is 0. The predicted octanol–water partition coefficient (Wildman–Crippen LogP) is 5.76. The molecule has 0 radical (unpaired) electrons. The van der Waals surface area contributed by atoms with Gasteiger partial charge >= 0.3 is 0 Å². The summed E-state index contributed by atoms with van der Waals surface area (Å²) in [5.74, 6) is 1.69. The monoisotopic (exact) mass is 457 g/mol. The van der Waals surface area contributed by atoms with Crippen molar-refractivity contribution in [2.45, 2.75) is 114 Å². The molecule has 4 aliphatic rings. The highest BCUT2D eigenvalue weighted by Gasteiger charge is 2.39. The van der Waals surface area contributed by atoms with E-state index in [1.807, 2.05) is 5.38 Å². The molecule has 6 heteroatoms. The molecule has 3 aliphatic carbocycles. The minimum Gasteiger partial charge on any atom is -0.343 e. The van der Waals surface area contributed by atoms with Gasteiger partial charge < -0.3 is 9.80 Å². The fraction of sp³-hybridized carbons (Fsp3) is 0.808. The first-order chi connectivity index (χ1) is 15.7. The second-order valence-electron chi connectivity index (χ2n) is 10.7. The highest BCUT2D eigenvalue weighted by molar-refractivity contribution is 7.09. The van der Waals surface area contributed by atoms with Gasteiger partial charge in [0.05, 0.1) is 5.01 Å². The lowest BCUT2D eigenvalue weighted by molar-refractivity contribution is -0.132. The van der Waals surface area contributed by atoms with E-state index in [-0.39, 0.29) is 5.91 Å². The summed E-state index contributed by atoms with van der Waals surface area (Å²) in [7, 11) is 0. The zero-order chi connectivity index (χ0) is 21.9. The van der Waals surface area contributed by atoms with E-state index in [0.717, 1.165) is 75.4 Å². The van der Waals surface area contributed by atoms with Crippen molar-refractivity contribution in [1.82, 2.24) is 14.8 Å². The van der Waals surface area contributed by atoms with Crippen LogP contribution in [0.1, 0.15) is 118 Å². The Labute approximate surface area is 197 Å². The number of rotatable bonds is 7. The number of aromatic nitrogens is 1. The minimum absolute atomic E-state index is 0.168. The summed E-state index contributed by atoms with van der Waals surface area (Å²) in [5, 5.41) is 3.10. The summed E-state index contributed by atoms with van der Waals surface area (Å²) in [6, 6.07) is 0.876. The van der Waals surface area contributed by atoms with Crippen molar-refractivity contribution in [3.8, 4) is 0 Å². The minimum atomic E-state index is 0.168. The molecule has 5 nitrogen and oxygen atoms in total. The first-order valence-corrected chi connectivity index (χ1v) is 14.1. The van der Waals surface area contributed by atoms with E-state index in [2.05, 4.69) is 9.80 Å². The lowest BCUT2D eigenvalue weighted by Crippen LogP contribution is -2.43. The Kier molecular flexibility index (Phi) is 7.15. The average molecular weight is 458 g/mol. The molecule has 2 amide bonds. The van der Waals surface area contributed by atoms with Gasteiger partial charge in [-0.25, -0.2) is 4.98 Å². The largest absolute Gasteiger partial charge is 0.343 e. The molecule has 0 aromatic carbocycles. The van der Waals surface area contributed by atoms with E-state index in [1.54, 1.807) is 11.3 Å². The van der Waals surface area contributed by atoms with Crippen molar-refractivity contribution in [3.63, 3.8) is 0 Å². The van der Waals surface area contributed by atoms with Crippen molar-refractivity contribution in [2.24, 2.45) is 5.92 Å². The quantitative estimate of drug-likeness (QED) is 0.523. The summed E-state index contributed by atoms with van der Waals surface area (Å²) in [5.41, 5.74) is 0.664. The molecule has 1 saturated heterocycles. The van der Waals surface area contributed by atoms with Crippen LogP contribution in [0.2, 0.25) is 0 Å². The van der Waals surface area contributed by atoms with Crippen molar-refractivity contribution in [2.75, 3.05) is 13.1 Å². The van der Waals surface area contributed by atoms with Gasteiger partial charge in [0.1, 0.15) is 5.69 Å². The Morgan fingerprint density at radius 1 is 0.906 bits per heavy atom. The predicted molar refractivity (Wildman–Crippen MR) is 128 cm³/mol. The third-order valence-corrected chi connectivity index (χ3v) is 9.33. The van der Waals surface area contributed by atoms with Crippen molar-refractivity contribution < 1.29 is 9.59 Å². The number of piperidine rings is 1. The number of hydrogen-bond donors (Lipinski definition) is 0. The van der Waals surface area contributed by atoms with Crippen LogP contribution in [0.4, 0.5) is 0 Å². The Hall–Kier alpha value is -1.43. The van der Waals surface area contributed by atoms with Crippen LogP contribution >= 0.6 is 11.3 Å². The van der Waals surface area contributed by atoms with E-state index < -0.39 is 0 Å². The molecule has 0 N–H and O–H groups in total. The van der Waals surface area contributed by atoms with Crippen molar-refractivity contribution in [1.29, 1.82) is 0 Å². The maximum Gasteiger partial charge on any atom is 0.273 e. The molecule has 0 unspecified atom stereocenters. The molecule has 1 aromatic heterocycles. The number of amides is 2. The lowest BCUT2D eigenvalue weighted by Gasteiger charge is -2.34. The van der Waals surface area contributed by atoms with Crippen LogP contribution in [-0.2, 0) is 4.79 Å². The third-order valence-electron chi connectivity index (χ3n) is 8.32. The molecule has 5 rings (SSSR count). The van der Waals surface area contributed by atoms with Crippen LogP contribution < -0.4 is 0 Å². The summed E-state index contributed by atoms with van der Waals surface area (Å²) in [6.45, 7) is 1.68. The van der Waals surface area contributed by atoms with Gasteiger partial charge in [0.25, 0.3) is 5.91 Å². The number of likely N-dealkylation sites (tertiary alicyclic amines) is 1. The van der Waals surface area contributed by atoms with E-state index in [1.165, 1.54) is 44.9 Å². The topological polar surface area (TPSA) is 53.5 Å². The van der Waals surface area contributed by atoms with E-state index in [0.29, 0.717) is 29.6 Å². The van der Waals surface area contributed by atoms with Gasteiger partial charge in [-0.15, -0.1) is 11.3 Å². The fourth-order valence-electron chi connectivity index (χ4n) is 6.21. The number of carbonyl (C=O) groups excluding carboxylic acids is 2. The maximum atomic E-state index is 13.4. The highest BCUT2D eigenvalue weighted by atomic mass is 32.1. The van der Waals surface area contributed by atoms with Gasteiger partial charge in [-0.2, -0.15) is 0 Å². The Balaban J connectivity index is 1.14. The SMILES string of the molecule is O=C(CCC1CCCC1)N1CCC(c2nc(C(=O)N(C3CCCCC3)C3CC3)cs2)CC1. The lowest BCUT2D eigenvalue weighted by atomic mass is 9.94. The van der Waals surface area contributed by atoms with Gasteiger partial charge in [-0.05, 0) is 50.9 Å². The molecule has 2 heterocycles. The number of thiazole rings is 1. The zero-order valence-electron chi connectivity index (χ0n) is 19.5. The van der Waals surface area contributed by atoms with E-state index >= 15 is 0 Å². The molecule has 1 aliphatic heterocycles. The molecule has 32 heavy (non-hydrogen) atoms. The van der Waals surface area contributed by atoms with Crippen LogP contribution in [0.5, 0.6) is 0 Å². The third kappa shape index (κ3) is 5.21. The number of carbonyl (C=O) groups is 2. The summed E-state index contributed by atoms with van der Waals surface area (Å²) in [6.07, 6.45) is 17.5. The van der Waals surface area contributed by atoms with Crippen molar-refractivity contribution in [3.05, 3.63) is 16.1 Å². The summed E-state index contributed by atoms with van der Waals surface area (Å²) in [4.78, 5) is 35.1. The van der Waals surface area contributed by atoms with Crippen LogP contribution in [0, 0.1) is 5.92 Å². The second-order valence-corrected chi connectivity index (χ2v) is 11.5. The van der Waals surface area contributed by atoms with Crippen LogP contribution in [0.15, 0.2) is 5.38 Å². The Morgan fingerprint density at radius 2 is 1.56 bits per heavy atom. The van der Waals surface area contributed by atoms with Gasteiger partial charge in [-0.1, -0.05) is 44.9 Å². The van der Waals surface area contributed by atoms with Gasteiger partial charge in [-0.3, -0.25) is 9.59 Å². The first-order valence-electron chi connectivity index (χ1n) is 13.2. The molecular formula is C26H39N3O2S. The number of hydrogen-bond acceptors (Lipinski definition) is 4. The molecule has 0 spiro atoms. The molecule has 0 atom stereocenters. The van der Waals surface area contributed by atoms with Gasteiger partial charge in [0.15, 0.2) is 0 Å². The normalized spacial score (nSPS) is 23.6. The molecule has 176 valence electrons. The Morgan fingerprint density at radius 3 is 2.25 bits per heavy atom. The fourth-order valence-corrected chi connectivity index (χ4v) is 7.17. The smallest absolute Gasteiger partial charge is 0.273 e. The summed E-state index contributed by atoms with van der Waals surface area (Å²) >= 11 is 1.66. The van der Waals surface area contributed by atoms with Crippen LogP contribution in [-0.4, -0.2) is 51.8 Å². The van der Waals surface area contributed by atoms with Gasteiger partial charge in [0.2, 0.25) is 5.91 Å². The molecule has 3 saturated carbocycles. The Bertz CT molecular complexity index is 785. The molecular weight excluding hydrogens is 418 g/mol. The highest BCUT2D eigenvalue weighted by Crippen LogP contribution is 2.36. The molecule has 1 aromatic rings. The van der Waals surface area contributed by atoms with Crippen molar-refractivity contribution >= 4 is 23.2 Å².